The molecule has 1 aliphatic heterocycles. The van der Waals surface area contributed by atoms with Gasteiger partial charge in [0.25, 0.3) is 11.1 Å². The molecule has 5 nitrogen and oxygen atoms in total. The number of carbonyl (C=O) groups excluding carboxylic acids is 3. The van der Waals surface area contributed by atoms with Crippen LogP contribution < -0.4 is 0 Å². The topological polar surface area (TPSA) is 63.7 Å². The maximum absolute atomic E-state index is 12.2. The molecule has 0 radical (unpaired) electrons. The van der Waals surface area contributed by atoms with E-state index in [1.165, 1.54) is 25.4 Å². The van der Waals surface area contributed by atoms with Gasteiger partial charge in [0.15, 0.2) is 0 Å². The predicted molar refractivity (Wildman–Crippen MR) is 78.3 cm³/mol. The van der Waals surface area contributed by atoms with Gasteiger partial charge in [0.1, 0.15) is 6.04 Å². The summed E-state index contributed by atoms with van der Waals surface area (Å²) in [6.45, 7) is 3.41. The van der Waals surface area contributed by atoms with E-state index in [0.717, 1.165) is 27.1 Å². The summed E-state index contributed by atoms with van der Waals surface area (Å²) in [4.78, 5) is 37.8. The second kappa shape index (κ2) is 5.80. The van der Waals surface area contributed by atoms with Gasteiger partial charge in [0.2, 0.25) is 0 Å². The molecule has 1 atom stereocenters. The van der Waals surface area contributed by atoms with E-state index in [0.29, 0.717) is 4.91 Å². The fraction of sp³-hybridized carbons (Fsp3) is 0.308. The number of hydrogen-bond donors (Lipinski definition) is 0. The van der Waals surface area contributed by atoms with Crippen molar-refractivity contribution in [1.82, 2.24) is 4.90 Å². The number of nitrogens with zero attached hydrogens (tertiary/aromatic N) is 1. The fourth-order valence-corrected chi connectivity index (χ4v) is 3.56. The largest absolute Gasteiger partial charge is 0.467 e. The van der Waals surface area contributed by atoms with Gasteiger partial charge in [-0.15, -0.1) is 11.3 Å². The van der Waals surface area contributed by atoms with Crippen molar-refractivity contribution < 1.29 is 19.1 Å². The molecule has 0 aliphatic carbocycles. The summed E-state index contributed by atoms with van der Waals surface area (Å²) in [5.74, 6) is -1.06. The number of ether oxygens (including phenoxy) is 1. The molecule has 1 saturated heterocycles. The number of aryl methyl sites for hydroxylation is 1. The Kier molecular flexibility index (Phi) is 4.29. The first-order chi connectivity index (χ1) is 9.45. The van der Waals surface area contributed by atoms with Crippen LogP contribution in [0.1, 0.15) is 17.4 Å². The molecular weight excluding hydrogens is 298 g/mol. The first kappa shape index (κ1) is 14.8. The van der Waals surface area contributed by atoms with Crippen LogP contribution in [0.15, 0.2) is 16.4 Å². The summed E-state index contributed by atoms with van der Waals surface area (Å²) in [6, 6.07) is 1.03. The zero-order valence-corrected chi connectivity index (χ0v) is 12.8. The number of thiophene rings is 1. The van der Waals surface area contributed by atoms with Crippen LogP contribution in [-0.4, -0.2) is 35.2 Å². The van der Waals surface area contributed by atoms with Gasteiger partial charge in [0, 0.05) is 4.88 Å². The highest BCUT2D eigenvalue weighted by Crippen LogP contribution is 2.35. The summed E-state index contributed by atoms with van der Waals surface area (Å²) in [5.41, 5.74) is 1.04. The molecule has 20 heavy (non-hydrogen) atoms. The van der Waals surface area contributed by atoms with Gasteiger partial charge in [-0.1, -0.05) is 0 Å². The maximum Gasteiger partial charge on any atom is 0.328 e. The Morgan fingerprint density at radius 3 is 2.70 bits per heavy atom. The van der Waals surface area contributed by atoms with Crippen molar-refractivity contribution in [3.05, 3.63) is 26.8 Å². The van der Waals surface area contributed by atoms with Crippen LogP contribution in [0.5, 0.6) is 0 Å². The molecule has 2 heterocycles. The monoisotopic (exact) mass is 311 g/mol. The number of esters is 1. The Labute approximate surface area is 124 Å². The lowest BCUT2D eigenvalue weighted by molar-refractivity contribution is -0.148. The second-order valence-corrected chi connectivity index (χ2v) is 6.16. The van der Waals surface area contributed by atoms with E-state index in [1.807, 2.05) is 18.4 Å². The zero-order chi connectivity index (χ0) is 14.9. The van der Waals surface area contributed by atoms with Crippen LogP contribution in [-0.2, 0) is 14.3 Å². The van der Waals surface area contributed by atoms with Crippen molar-refractivity contribution >= 4 is 46.3 Å². The van der Waals surface area contributed by atoms with E-state index in [-0.39, 0.29) is 0 Å². The lowest BCUT2D eigenvalue weighted by Gasteiger charge is -2.18. The van der Waals surface area contributed by atoms with Gasteiger partial charge < -0.3 is 4.74 Å². The molecule has 2 rings (SSSR count). The predicted octanol–water partition coefficient (Wildman–Crippen LogP) is 2.65. The first-order valence-electron chi connectivity index (χ1n) is 5.84. The SMILES string of the molecule is COC(=O)C(C)N1C(=O)SC(=Cc2sccc2C)C1=O. The minimum Gasteiger partial charge on any atom is -0.467 e. The van der Waals surface area contributed by atoms with Gasteiger partial charge in [-0.2, -0.15) is 0 Å². The van der Waals surface area contributed by atoms with E-state index < -0.39 is 23.2 Å². The molecule has 1 aromatic rings. The molecule has 7 heteroatoms. The summed E-state index contributed by atoms with van der Waals surface area (Å²) < 4.78 is 4.57. The van der Waals surface area contributed by atoms with Gasteiger partial charge in [0.05, 0.1) is 12.0 Å². The quantitative estimate of drug-likeness (QED) is 0.634. The smallest absolute Gasteiger partial charge is 0.328 e. The van der Waals surface area contributed by atoms with Crippen LogP contribution in [0.3, 0.4) is 0 Å². The van der Waals surface area contributed by atoms with Crippen molar-refractivity contribution in [2.24, 2.45) is 0 Å². The van der Waals surface area contributed by atoms with E-state index in [2.05, 4.69) is 4.74 Å². The molecule has 0 saturated carbocycles. The average molecular weight is 311 g/mol. The van der Waals surface area contributed by atoms with Crippen molar-refractivity contribution in [2.75, 3.05) is 7.11 Å². The number of imide groups is 1. The Morgan fingerprint density at radius 1 is 1.45 bits per heavy atom. The lowest BCUT2D eigenvalue weighted by atomic mass is 10.2. The molecule has 0 bridgehead atoms. The zero-order valence-electron chi connectivity index (χ0n) is 11.2. The number of methoxy groups -OCH3 is 1. The van der Waals surface area contributed by atoms with Gasteiger partial charge in [-0.05, 0) is 48.7 Å². The Hall–Kier alpha value is -1.60. The van der Waals surface area contributed by atoms with E-state index in [9.17, 15) is 14.4 Å². The maximum atomic E-state index is 12.2. The summed E-state index contributed by atoms with van der Waals surface area (Å²) in [6.07, 6.45) is 1.69. The number of hydrogen-bond acceptors (Lipinski definition) is 6. The minimum absolute atomic E-state index is 0.330. The standard InChI is InChI=1S/C13H13NO4S2/c1-7-4-5-19-9(7)6-10-11(15)14(13(17)20-10)8(2)12(16)18-3/h4-6,8H,1-3H3. The third-order valence-electron chi connectivity index (χ3n) is 2.92. The summed E-state index contributed by atoms with van der Waals surface area (Å²) in [7, 11) is 1.22. The van der Waals surface area contributed by atoms with Crippen LogP contribution in [0.2, 0.25) is 0 Å². The third kappa shape index (κ3) is 2.64. The van der Waals surface area contributed by atoms with Crippen LogP contribution in [0.25, 0.3) is 6.08 Å². The number of rotatable bonds is 3. The highest BCUT2D eigenvalue weighted by molar-refractivity contribution is 8.18. The lowest BCUT2D eigenvalue weighted by Crippen LogP contribution is -2.42. The van der Waals surface area contributed by atoms with Crippen LogP contribution in [0.4, 0.5) is 4.79 Å². The van der Waals surface area contributed by atoms with Crippen molar-refractivity contribution in [3.63, 3.8) is 0 Å². The van der Waals surface area contributed by atoms with E-state index in [1.54, 1.807) is 6.08 Å². The number of thioether (sulfide) groups is 1. The minimum atomic E-state index is -0.914. The number of carbonyl (C=O) groups is 3. The van der Waals surface area contributed by atoms with Gasteiger partial charge in [-0.25, -0.2) is 4.79 Å². The van der Waals surface area contributed by atoms with Gasteiger partial charge in [-0.3, -0.25) is 14.5 Å². The summed E-state index contributed by atoms with van der Waals surface area (Å²) >= 11 is 2.34. The molecule has 0 spiro atoms. The Morgan fingerprint density at radius 2 is 2.15 bits per heavy atom. The van der Waals surface area contributed by atoms with Crippen molar-refractivity contribution in [1.29, 1.82) is 0 Å². The second-order valence-electron chi connectivity index (χ2n) is 4.22. The van der Waals surface area contributed by atoms with Crippen LogP contribution >= 0.6 is 23.1 Å². The van der Waals surface area contributed by atoms with Crippen molar-refractivity contribution in [2.45, 2.75) is 19.9 Å². The van der Waals surface area contributed by atoms with Crippen molar-refractivity contribution in [3.8, 4) is 0 Å². The van der Waals surface area contributed by atoms with Gasteiger partial charge >= 0.3 is 5.97 Å². The molecule has 1 aromatic heterocycles. The average Bonchev–Trinajstić information content (AvgIpc) is 2.93. The number of amides is 2. The van der Waals surface area contributed by atoms with E-state index >= 15 is 0 Å². The summed E-state index contributed by atoms with van der Waals surface area (Å²) in [5, 5.41) is 1.47. The van der Waals surface area contributed by atoms with E-state index in [4.69, 9.17) is 0 Å². The Bertz CT molecular complexity index is 605. The fourth-order valence-electron chi connectivity index (χ4n) is 1.74. The highest BCUT2D eigenvalue weighted by Gasteiger charge is 2.41. The third-order valence-corrected chi connectivity index (χ3v) is 4.77. The molecule has 0 aromatic carbocycles. The normalized spacial score (nSPS) is 18.8. The molecular formula is C13H13NO4S2. The molecule has 1 unspecified atom stereocenters. The Balaban J connectivity index is 2.27. The molecule has 1 aliphatic rings. The first-order valence-corrected chi connectivity index (χ1v) is 7.54. The molecule has 2 amide bonds. The molecule has 1 fully saturated rings. The highest BCUT2D eigenvalue weighted by atomic mass is 32.2. The molecule has 0 N–H and O–H groups in total. The molecule has 106 valence electrons. The van der Waals surface area contributed by atoms with Crippen LogP contribution in [0, 0.1) is 6.92 Å².